The summed E-state index contributed by atoms with van der Waals surface area (Å²) in [4.78, 5) is 29.8. The van der Waals surface area contributed by atoms with Crippen molar-refractivity contribution in [1.29, 1.82) is 0 Å². The van der Waals surface area contributed by atoms with E-state index >= 15 is 0 Å². The topological polar surface area (TPSA) is 86.8 Å². The van der Waals surface area contributed by atoms with Crippen molar-refractivity contribution in [1.82, 2.24) is 10.2 Å². The van der Waals surface area contributed by atoms with Gasteiger partial charge in [-0.25, -0.2) is 8.42 Å². The minimum absolute atomic E-state index is 0.00437. The third-order valence-corrected chi connectivity index (χ3v) is 10.2. The van der Waals surface area contributed by atoms with Gasteiger partial charge in [0, 0.05) is 40.1 Å². The van der Waals surface area contributed by atoms with E-state index in [1.54, 1.807) is 48.5 Å². The Morgan fingerprint density at radius 2 is 1.50 bits per heavy atom. The largest absolute Gasteiger partial charge is 0.354 e. The van der Waals surface area contributed by atoms with Crippen LogP contribution in [0.2, 0.25) is 15.1 Å². The number of benzene rings is 4. The normalized spacial score (nSPS) is 11.9. The van der Waals surface area contributed by atoms with E-state index in [9.17, 15) is 18.0 Å². The lowest BCUT2D eigenvalue weighted by Gasteiger charge is -2.34. The first-order valence-corrected chi connectivity index (χ1v) is 17.5. The van der Waals surface area contributed by atoms with Crippen molar-refractivity contribution in [3.63, 3.8) is 0 Å². The number of carbonyl (C=O) groups excluding carboxylic acids is 2. The second-order valence-electron chi connectivity index (χ2n) is 10.9. The van der Waals surface area contributed by atoms with Crippen LogP contribution in [0.5, 0.6) is 0 Å². The molecular formula is C35H36Cl3N3O4S. The standard InChI is InChI=1S/C35H36Cl3N3O4S/c1-3-4-20-39-35(43)33(21-26-10-6-5-7-11-26)40(23-30-31(37)14-9-15-32(30)38)34(42)24-41(28-13-8-12-27(36)22-28)46(44,45)29-18-16-25(2)17-19-29/h5-19,22,33H,3-4,20-21,23-24H2,1-2H3,(H,39,43). The molecule has 0 aliphatic carbocycles. The van der Waals surface area contributed by atoms with Crippen LogP contribution < -0.4 is 9.62 Å². The van der Waals surface area contributed by atoms with Crippen molar-refractivity contribution in [2.45, 2.75) is 50.6 Å². The summed E-state index contributed by atoms with van der Waals surface area (Å²) in [6.45, 7) is 3.54. The molecule has 1 N–H and O–H groups in total. The maximum Gasteiger partial charge on any atom is 0.264 e. The zero-order valence-electron chi connectivity index (χ0n) is 25.6. The minimum Gasteiger partial charge on any atom is -0.354 e. The van der Waals surface area contributed by atoms with Gasteiger partial charge < -0.3 is 10.2 Å². The van der Waals surface area contributed by atoms with Crippen molar-refractivity contribution < 1.29 is 18.0 Å². The highest BCUT2D eigenvalue weighted by Crippen LogP contribution is 2.30. The number of hydrogen-bond donors (Lipinski definition) is 1. The molecule has 11 heteroatoms. The van der Waals surface area contributed by atoms with E-state index in [2.05, 4.69) is 5.32 Å². The molecule has 0 aliphatic heterocycles. The summed E-state index contributed by atoms with van der Waals surface area (Å²) in [6, 6.07) is 25.9. The summed E-state index contributed by atoms with van der Waals surface area (Å²) in [5, 5.41) is 3.89. The highest BCUT2D eigenvalue weighted by Gasteiger charge is 2.35. The minimum atomic E-state index is -4.25. The molecule has 2 amide bonds. The van der Waals surface area contributed by atoms with Crippen molar-refractivity contribution >= 4 is 62.3 Å². The van der Waals surface area contributed by atoms with Crippen LogP contribution in [0.4, 0.5) is 5.69 Å². The SMILES string of the molecule is CCCCNC(=O)C(Cc1ccccc1)N(Cc1c(Cl)cccc1Cl)C(=O)CN(c1cccc(Cl)c1)S(=O)(=O)c1ccc(C)cc1. The first-order chi connectivity index (χ1) is 22.0. The Morgan fingerprint density at radius 1 is 0.848 bits per heavy atom. The summed E-state index contributed by atoms with van der Waals surface area (Å²) in [6.07, 6.45) is 1.80. The second-order valence-corrected chi connectivity index (χ2v) is 14.0. The van der Waals surface area contributed by atoms with E-state index in [1.165, 1.54) is 23.1 Å². The predicted octanol–water partition coefficient (Wildman–Crippen LogP) is 7.71. The Labute approximate surface area is 286 Å². The van der Waals surface area contributed by atoms with Gasteiger partial charge in [-0.1, -0.05) is 108 Å². The molecule has 0 heterocycles. The summed E-state index contributed by atoms with van der Waals surface area (Å²) in [5.74, 6) is -0.997. The van der Waals surface area contributed by atoms with E-state index in [0.717, 1.165) is 28.3 Å². The number of halogens is 3. The fraction of sp³-hybridized carbons (Fsp3) is 0.257. The van der Waals surface area contributed by atoms with Gasteiger partial charge in [-0.05, 0) is 61.4 Å². The first kappa shape index (κ1) is 35.3. The fourth-order valence-electron chi connectivity index (χ4n) is 4.91. The third-order valence-electron chi connectivity index (χ3n) is 7.47. The number of amides is 2. The number of hydrogen-bond acceptors (Lipinski definition) is 4. The van der Waals surface area contributed by atoms with Gasteiger partial charge in [0.2, 0.25) is 11.8 Å². The summed E-state index contributed by atoms with van der Waals surface area (Å²) < 4.78 is 29.3. The number of nitrogens with zero attached hydrogens (tertiary/aromatic N) is 2. The van der Waals surface area contributed by atoms with Crippen LogP contribution in [-0.2, 0) is 32.6 Å². The molecule has 4 aromatic rings. The maximum absolute atomic E-state index is 14.6. The van der Waals surface area contributed by atoms with Crippen LogP contribution >= 0.6 is 34.8 Å². The average molecular weight is 701 g/mol. The van der Waals surface area contributed by atoms with Crippen LogP contribution in [0.15, 0.2) is 102 Å². The zero-order chi connectivity index (χ0) is 33.3. The smallest absolute Gasteiger partial charge is 0.264 e. The lowest BCUT2D eigenvalue weighted by molar-refractivity contribution is -0.140. The Kier molecular flexibility index (Phi) is 12.5. The average Bonchev–Trinajstić information content (AvgIpc) is 3.03. The van der Waals surface area contributed by atoms with E-state index < -0.39 is 28.5 Å². The predicted molar refractivity (Wildman–Crippen MR) is 186 cm³/mol. The van der Waals surface area contributed by atoms with Crippen LogP contribution in [0.1, 0.15) is 36.5 Å². The van der Waals surface area contributed by atoms with Gasteiger partial charge in [0.25, 0.3) is 10.0 Å². The number of carbonyl (C=O) groups is 2. The molecule has 46 heavy (non-hydrogen) atoms. The molecule has 0 saturated heterocycles. The van der Waals surface area contributed by atoms with Crippen LogP contribution in [0, 0.1) is 6.92 Å². The van der Waals surface area contributed by atoms with Crippen molar-refractivity contribution in [3.8, 4) is 0 Å². The number of sulfonamides is 1. The molecule has 0 fully saturated rings. The van der Waals surface area contributed by atoms with E-state index in [-0.39, 0.29) is 29.5 Å². The Balaban J connectivity index is 1.82. The lowest BCUT2D eigenvalue weighted by Crippen LogP contribution is -2.53. The molecule has 0 bridgehead atoms. The highest BCUT2D eigenvalue weighted by atomic mass is 35.5. The Morgan fingerprint density at radius 3 is 2.13 bits per heavy atom. The molecule has 0 spiro atoms. The second kappa shape index (κ2) is 16.3. The van der Waals surface area contributed by atoms with Crippen molar-refractivity contribution in [2.24, 2.45) is 0 Å². The van der Waals surface area contributed by atoms with Crippen LogP contribution in [0.3, 0.4) is 0 Å². The Hall–Kier alpha value is -3.56. The molecule has 1 unspecified atom stereocenters. The molecule has 4 aromatic carbocycles. The van der Waals surface area contributed by atoms with Crippen molar-refractivity contribution in [2.75, 3.05) is 17.4 Å². The van der Waals surface area contributed by atoms with Gasteiger partial charge in [0.15, 0.2) is 0 Å². The molecule has 0 aromatic heterocycles. The van der Waals surface area contributed by atoms with E-state index in [4.69, 9.17) is 34.8 Å². The number of aryl methyl sites for hydroxylation is 1. The number of anilines is 1. The molecule has 0 aliphatic rings. The molecule has 0 radical (unpaired) electrons. The quantitative estimate of drug-likeness (QED) is 0.137. The number of rotatable bonds is 14. The van der Waals surface area contributed by atoms with Gasteiger partial charge in [-0.15, -0.1) is 0 Å². The Bertz CT molecular complexity index is 1730. The fourth-order valence-corrected chi connectivity index (χ4v) is 7.02. The number of unbranched alkanes of at least 4 members (excludes halogenated alkanes) is 1. The first-order valence-electron chi connectivity index (χ1n) is 14.9. The number of nitrogens with one attached hydrogen (secondary N) is 1. The van der Waals surface area contributed by atoms with Crippen LogP contribution in [0.25, 0.3) is 0 Å². The van der Waals surface area contributed by atoms with E-state index in [0.29, 0.717) is 27.2 Å². The van der Waals surface area contributed by atoms with Gasteiger partial charge in [0.1, 0.15) is 12.6 Å². The molecular weight excluding hydrogens is 665 g/mol. The lowest BCUT2D eigenvalue weighted by atomic mass is 10.0. The third kappa shape index (κ3) is 9.04. The van der Waals surface area contributed by atoms with Crippen molar-refractivity contribution in [3.05, 3.63) is 129 Å². The maximum atomic E-state index is 14.6. The zero-order valence-corrected chi connectivity index (χ0v) is 28.7. The van der Waals surface area contributed by atoms with Gasteiger partial charge in [-0.3, -0.25) is 13.9 Å². The van der Waals surface area contributed by atoms with E-state index in [1.807, 2.05) is 44.2 Å². The molecule has 7 nitrogen and oxygen atoms in total. The van der Waals surface area contributed by atoms with Gasteiger partial charge >= 0.3 is 0 Å². The molecule has 1 atom stereocenters. The van der Waals surface area contributed by atoms with Gasteiger partial charge in [0.05, 0.1) is 10.6 Å². The summed E-state index contributed by atoms with van der Waals surface area (Å²) in [5.41, 5.74) is 2.34. The summed E-state index contributed by atoms with van der Waals surface area (Å²) in [7, 11) is -4.25. The molecule has 0 saturated carbocycles. The molecule has 4 rings (SSSR count). The monoisotopic (exact) mass is 699 g/mol. The van der Waals surface area contributed by atoms with Gasteiger partial charge in [-0.2, -0.15) is 0 Å². The summed E-state index contributed by atoms with van der Waals surface area (Å²) >= 11 is 19.4. The molecule has 242 valence electrons. The van der Waals surface area contributed by atoms with Crippen LogP contribution in [-0.4, -0.2) is 44.3 Å². The highest BCUT2D eigenvalue weighted by molar-refractivity contribution is 7.92.